The van der Waals surface area contributed by atoms with Crippen molar-refractivity contribution >= 4 is 17.9 Å². The quantitative estimate of drug-likeness (QED) is 0.279. The first kappa shape index (κ1) is 16.8. The minimum absolute atomic E-state index is 0.0528. The van der Waals surface area contributed by atoms with Gasteiger partial charge in [-0.05, 0) is 49.7 Å². The second-order valence-corrected chi connectivity index (χ2v) is 6.08. The average Bonchev–Trinajstić information content (AvgIpc) is 3.16. The van der Waals surface area contributed by atoms with Gasteiger partial charge in [-0.2, -0.15) is 5.10 Å². The van der Waals surface area contributed by atoms with Gasteiger partial charge in [0.1, 0.15) is 0 Å². The van der Waals surface area contributed by atoms with Crippen LogP contribution in [0.4, 0.5) is 5.69 Å². The summed E-state index contributed by atoms with van der Waals surface area (Å²) < 4.78 is 1.82. The first-order valence-electron chi connectivity index (χ1n) is 8.16. The van der Waals surface area contributed by atoms with Gasteiger partial charge in [-0.25, -0.2) is 0 Å². The molecule has 7 N–H and O–H groups in total. The Morgan fingerprint density at radius 1 is 1.20 bits per heavy atom. The van der Waals surface area contributed by atoms with Crippen molar-refractivity contribution in [3.8, 4) is 11.6 Å². The van der Waals surface area contributed by atoms with Gasteiger partial charge in [-0.1, -0.05) is 0 Å². The summed E-state index contributed by atoms with van der Waals surface area (Å²) in [7, 11) is 0. The number of guanidine groups is 1. The molecule has 25 heavy (non-hydrogen) atoms. The van der Waals surface area contributed by atoms with Crippen LogP contribution in [-0.4, -0.2) is 39.3 Å². The van der Waals surface area contributed by atoms with E-state index in [9.17, 15) is 5.11 Å². The van der Waals surface area contributed by atoms with Gasteiger partial charge in [0.15, 0.2) is 5.88 Å². The van der Waals surface area contributed by atoms with E-state index < -0.39 is 0 Å². The highest BCUT2D eigenvalue weighted by Crippen LogP contribution is 2.26. The third-order valence-electron chi connectivity index (χ3n) is 4.28. The van der Waals surface area contributed by atoms with Crippen molar-refractivity contribution in [2.45, 2.75) is 25.4 Å². The molecule has 1 saturated heterocycles. The maximum atomic E-state index is 10.2. The van der Waals surface area contributed by atoms with Gasteiger partial charge >= 0.3 is 0 Å². The zero-order valence-electron chi connectivity index (χ0n) is 13.9. The zero-order valence-corrected chi connectivity index (χ0v) is 13.9. The second-order valence-electron chi connectivity index (χ2n) is 6.08. The van der Waals surface area contributed by atoms with E-state index in [0.717, 1.165) is 30.8 Å². The van der Waals surface area contributed by atoms with Crippen LogP contribution in [0.2, 0.25) is 0 Å². The lowest BCUT2D eigenvalue weighted by Crippen LogP contribution is -2.31. The number of nitrogens with zero attached hydrogens (tertiary/aromatic N) is 4. The largest absolute Gasteiger partial charge is 0.494 e. The Hall–Kier alpha value is -3.00. The molecule has 0 bridgehead atoms. The lowest BCUT2D eigenvalue weighted by Gasteiger charge is -2.22. The maximum Gasteiger partial charge on any atom is 0.211 e. The van der Waals surface area contributed by atoms with Crippen molar-refractivity contribution in [2.24, 2.45) is 21.7 Å². The van der Waals surface area contributed by atoms with E-state index in [1.165, 1.54) is 0 Å². The predicted molar refractivity (Wildman–Crippen MR) is 99.6 cm³/mol. The molecule has 8 nitrogen and oxygen atoms in total. The minimum atomic E-state index is -0.0528. The number of anilines is 1. The number of hydrogen-bond acceptors (Lipinski definition) is 5. The van der Waals surface area contributed by atoms with Gasteiger partial charge < -0.3 is 22.3 Å². The molecule has 0 spiro atoms. The standard InChI is InChI=1S/C17H23N7O/c18-12-3-5-13(6-4-12)24-15(7-8-16(24)25)11-23-9-1-2-14(23)10-21-22-17(19)20/h3-8,10,14,25H,1-2,9,11,18H2,(H4,19,20,22)/b21-10+. The summed E-state index contributed by atoms with van der Waals surface area (Å²) in [6, 6.07) is 11.2. The van der Waals surface area contributed by atoms with Crippen LogP contribution >= 0.6 is 0 Å². The van der Waals surface area contributed by atoms with E-state index in [1.54, 1.807) is 12.3 Å². The van der Waals surface area contributed by atoms with Crippen molar-refractivity contribution in [3.63, 3.8) is 0 Å². The summed E-state index contributed by atoms with van der Waals surface area (Å²) in [6.07, 6.45) is 3.84. The highest BCUT2D eigenvalue weighted by Gasteiger charge is 2.24. The first-order chi connectivity index (χ1) is 12.0. The Balaban J connectivity index is 1.80. The van der Waals surface area contributed by atoms with Crippen molar-refractivity contribution in [1.29, 1.82) is 0 Å². The number of rotatable bonds is 5. The molecule has 1 aliphatic heterocycles. The molecular formula is C17H23N7O. The number of aromatic hydroxyl groups is 1. The summed E-state index contributed by atoms with van der Waals surface area (Å²) in [5, 5.41) is 17.8. The molecule has 0 aliphatic carbocycles. The van der Waals surface area contributed by atoms with Gasteiger partial charge in [0.2, 0.25) is 5.96 Å². The lowest BCUT2D eigenvalue weighted by molar-refractivity contribution is 0.290. The molecule has 2 aromatic rings. The third kappa shape index (κ3) is 3.92. The number of hydrogen-bond donors (Lipinski definition) is 4. The molecule has 1 aromatic carbocycles. The van der Waals surface area contributed by atoms with E-state index in [2.05, 4.69) is 15.1 Å². The molecule has 8 heteroatoms. The van der Waals surface area contributed by atoms with Crippen molar-refractivity contribution in [3.05, 3.63) is 42.1 Å². The summed E-state index contributed by atoms with van der Waals surface area (Å²) >= 11 is 0. The predicted octanol–water partition coefficient (Wildman–Crippen LogP) is 0.989. The molecule has 1 atom stereocenters. The monoisotopic (exact) mass is 341 g/mol. The fraction of sp³-hybridized carbons (Fsp3) is 0.294. The molecule has 0 amide bonds. The summed E-state index contributed by atoms with van der Waals surface area (Å²) in [6.45, 7) is 1.63. The van der Waals surface area contributed by atoms with Crippen LogP contribution in [0.5, 0.6) is 5.88 Å². The number of likely N-dealkylation sites (tertiary alicyclic amines) is 1. The normalized spacial score (nSPS) is 18.0. The van der Waals surface area contributed by atoms with E-state index in [4.69, 9.17) is 17.2 Å². The summed E-state index contributed by atoms with van der Waals surface area (Å²) in [5.74, 6) is 0.146. The Labute approximate surface area is 146 Å². The van der Waals surface area contributed by atoms with Crippen LogP contribution < -0.4 is 17.2 Å². The highest BCUT2D eigenvalue weighted by molar-refractivity contribution is 5.76. The van der Waals surface area contributed by atoms with E-state index in [1.807, 2.05) is 34.9 Å². The Bertz CT molecular complexity index is 775. The number of nitrogen functional groups attached to an aromatic ring is 1. The molecule has 1 aromatic heterocycles. The van der Waals surface area contributed by atoms with Crippen LogP contribution in [-0.2, 0) is 6.54 Å². The number of benzene rings is 1. The zero-order chi connectivity index (χ0) is 17.8. The molecular weight excluding hydrogens is 318 g/mol. The van der Waals surface area contributed by atoms with Crippen molar-refractivity contribution in [1.82, 2.24) is 9.47 Å². The Kier molecular flexibility index (Phi) is 4.90. The minimum Gasteiger partial charge on any atom is -0.494 e. The second kappa shape index (κ2) is 7.27. The summed E-state index contributed by atoms with van der Waals surface area (Å²) in [4.78, 5) is 2.29. The van der Waals surface area contributed by atoms with Crippen LogP contribution in [0, 0.1) is 0 Å². The van der Waals surface area contributed by atoms with Crippen LogP contribution in [0.15, 0.2) is 46.6 Å². The molecule has 1 aliphatic rings. The Morgan fingerprint density at radius 3 is 2.68 bits per heavy atom. The van der Waals surface area contributed by atoms with Gasteiger partial charge in [-0.3, -0.25) is 9.47 Å². The van der Waals surface area contributed by atoms with Gasteiger partial charge in [-0.15, -0.1) is 5.10 Å². The average molecular weight is 341 g/mol. The molecule has 0 saturated carbocycles. The SMILES string of the molecule is NC(N)=N/N=C/C1CCCN1Cc1ccc(O)n1-c1ccc(N)cc1. The lowest BCUT2D eigenvalue weighted by atomic mass is 10.2. The van der Waals surface area contributed by atoms with E-state index >= 15 is 0 Å². The number of aromatic nitrogens is 1. The molecule has 2 heterocycles. The Morgan fingerprint density at radius 2 is 1.96 bits per heavy atom. The third-order valence-corrected chi connectivity index (χ3v) is 4.28. The van der Waals surface area contributed by atoms with Crippen LogP contribution in [0.25, 0.3) is 5.69 Å². The fourth-order valence-corrected chi connectivity index (χ4v) is 3.11. The van der Waals surface area contributed by atoms with E-state index in [-0.39, 0.29) is 17.9 Å². The molecule has 132 valence electrons. The summed E-state index contributed by atoms with van der Waals surface area (Å²) in [5.41, 5.74) is 18.9. The fourth-order valence-electron chi connectivity index (χ4n) is 3.11. The van der Waals surface area contributed by atoms with Gasteiger partial charge in [0.05, 0.1) is 0 Å². The van der Waals surface area contributed by atoms with Gasteiger partial charge in [0.25, 0.3) is 0 Å². The van der Waals surface area contributed by atoms with Crippen molar-refractivity contribution < 1.29 is 5.11 Å². The molecule has 3 rings (SSSR count). The smallest absolute Gasteiger partial charge is 0.211 e. The molecule has 1 unspecified atom stereocenters. The van der Waals surface area contributed by atoms with E-state index in [0.29, 0.717) is 12.2 Å². The van der Waals surface area contributed by atoms with Crippen LogP contribution in [0.1, 0.15) is 18.5 Å². The first-order valence-corrected chi connectivity index (χ1v) is 8.16. The topological polar surface area (TPSA) is 131 Å². The maximum absolute atomic E-state index is 10.2. The van der Waals surface area contributed by atoms with Crippen LogP contribution in [0.3, 0.4) is 0 Å². The van der Waals surface area contributed by atoms with Gasteiger partial charge in [0, 0.05) is 41.9 Å². The van der Waals surface area contributed by atoms with Crippen molar-refractivity contribution in [2.75, 3.05) is 12.3 Å². The number of nitrogens with two attached hydrogens (primary N) is 3. The molecule has 0 radical (unpaired) electrons. The molecule has 1 fully saturated rings. The highest BCUT2D eigenvalue weighted by atomic mass is 16.3.